The van der Waals surface area contributed by atoms with Crippen LogP contribution in [0.4, 0.5) is 0 Å². The van der Waals surface area contributed by atoms with Gasteiger partial charge in [-0.05, 0) is 70.3 Å². The third-order valence-electron chi connectivity index (χ3n) is 4.59. The highest BCUT2D eigenvalue weighted by Crippen LogP contribution is 2.50. The average molecular weight is 402 g/mol. The normalized spacial score (nSPS) is 15.3. The first-order chi connectivity index (χ1) is 12.6. The zero-order valence-electron chi connectivity index (χ0n) is 13.4. The fourth-order valence-corrected chi connectivity index (χ4v) is 4.25. The van der Waals surface area contributed by atoms with Gasteiger partial charge in [-0.1, -0.05) is 46.9 Å². The molecule has 0 atom stereocenters. The molecule has 128 valence electrons. The summed E-state index contributed by atoms with van der Waals surface area (Å²) >= 11 is 19.0. The number of ether oxygens (including phenoxy) is 2. The molecular formula is C21H11Cl3O2. The standard InChI is InChI=1S/C21H11Cl3O2/c22-12-2-3-14-16(7-12)15(17-8-13(23)9-18(24)21(14)17)5-11-1-4-19-20(6-11)26-10-25-19/h1-9H,10H2/b15-5-. The van der Waals surface area contributed by atoms with Crippen LogP contribution in [0.3, 0.4) is 0 Å². The van der Waals surface area contributed by atoms with Crippen molar-refractivity contribution in [2.45, 2.75) is 0 Å². The predicted octanol–water partition coefficient (Wildman–Crippen LogP) is 6.94. The van der Waals surface area contributed by atoms with E-state index in [1.54, 1.807) is 6.07 Å². The maximum atomic E-state index is 6.51. The van der Waals surface area contributed by atoms with E-state index < -0.39 is 0 Å². The number of hydrogen-bond donors (Lipinski definition) is 0. The maximum absolute atomic E-state index is 6.51. The molecule has 0 spiro atoms. The third kappa shape index (κ3) is 2.49. The van der Waals surface area contributed by atoms with E-state index in [2.05, 4.69) is 6.08 Å². The topological polar surface area (TPSA) is 18.5 Å². The quantitative estimate of drug-likeness (QED) is 0.344. The number of rotatable bonds is 1. The molecule has 0 fully saturated rings. The molecule has 3 aromatic rings. The van der Waals surface area contributed by atoms with Gasteiger partial charge >= 0.3 is 0 Å². The lowest BCUT2D eigenvalue weighted by Gasteiger charge is -2.06. The van der Waals surface area contributed by atoms with E-state index in [9.17, 15) is 0 Å². The van der Waals surface area contributed by atoms with Crippen LogP contribution in [0.25, 0.3) is 22.8 Å². The van der Waals surface area contributed by atoms with Gasteiger partial charge in [-0.15, -0.1) is 0 Å². The summed E-state index contributed by atoms with van der Waals surface area (Å²) in [6, 6.07) is 15.4. The first-order valence-corrected chi connectivity index (χ1v) is 9.14. The van der Waals surface area contributed by atoms with E-state index >= 15 is 0 Å². The fourth-order valence-electron chi connectivity index (χ4n) is 3.49. The molecule has 26 heavy (non-hydrogen) atoms. The molecule has 1 heterocycles. The molecule has 0 bridgehead atoms. The second kappa shape index (κ2) is 5.95. The number of hydrogen-bond acceptors (Lipinski definition) is 2. The minimum Gasteiger partial charge on any atom is -0.454 e. The number of benzene rings is 3. The maximum Gasteiger partial charge on any atom is 0.231 e. The van der Waals surface area contributed by atoms with Crippen LogP contribution < -0.4 is 9.47 Å². The van der Waals surface area contributed by atoms with Crippen molar-refractivity contribution in [3.63, 3.8) is 0 Å². The molecule has 2 nitrogen and oxygen atoms in total. The lowest BCUT2D eigenvalue weighted by Crippen LogP contribution is -1.92. The Labute approximate surface area is 165 Å². The van der Waals surface area contributed by atoms with Crippen molar-refractivity contribution in [2.75, 3.05) is 6.79 Å². The second-order valence-corrected chi connectivity index (χ2v) is 7.45. The fraction of sp³-hybridized carbons (Fsp3) is 0.0476. The van der Waals surface area contributed by atoms with Gasteiger partial charge in [0.1, 0.15) is 0 Å². The Kier molecular flexibility index (Phi) is 3.68. The van der Waals surface area contributed by atoms with Gasteiger partial charge in [0.25, 0.3) is 0 Å². The SMILES string of the molecule is Clc1ccc2c(c1)/C(=C/c1ccc3c(c1)OCO3)c1cc(Cl)cc(Cl)c1-2. The van der Waals surface area contributed by atoms with E-state index in [-0.39, 0.29) is 6.79 Å². The average Bonchev–Trinajstić information content (AvgIpc) is 3.18. The van der Waals surface area contributed by atoms with E-state index in [0.29, 0.717) is 15.1 Å². The zero-order valence-corrected chi connectivity index (χ0v) is 15.6. The Morgan fingerprint density at radius 2 is 1.54 bits per heavy atom. The molecule has 0 radical (unpaired) electrons. The van der Waals surface area contributed by atoms with Crippen molar-refractivity contribution in [3.05, 3.63) is 80.3 Å². The van der Waals surface area contributed by atoms with Gasteiger partial charge < -0.3 is 9.47 Å². The minimum atomic E-state index is 0.252. The molecule has 0 unspecified atom stereocenters. The molecule has 1 aliphatic heterocycles. The molecule has 0 saturated carbocycles. The third-order valence-corrected chi connectivity index (χ3v) is 5.35. The first kappa shape index (κ1) is 16.1. The van der Waals surface area contributed by atoms with Gasteiger partial charge in [0, 0.05) is 15.6 Å². The van der Waals surface area contributed by atoms with Crippen LogP contribution >= 0.6 is 34.8 Å². The summed E-state index contributed by atoms with van der Waals surface area (Å²) in [6.07, 6.45) is 2.09. The summed E-state index contributed by atoms with van der Waals surface area (Å²) in [7, 11) is 0. The number of halogens is 3. The van der Waals surface area contributed by atoms with Crippen molar-refractivity contribution in [1.82, 2.24) is 0 Å². The van der Waals surface area contributed by atoms with Crippen molar-refractivity contribution in [1.29, 1.82) is 0 Å². The van der Waals surface area contributed by atoms with Crippen LogP contribution in [0.2, 0.25) is 15.1 Å². The van der Waals surface area contributed by atoms with Crippen molar-refractivity contribution >= 4 is 46.5 Å². The largest absolute Gasteiger partial charge is 0.454 e. The molecule has 3 aromatic carbocycles. The van der Waals surface area contributed by atoms with Crippen molar-refractivity contribution < 1.29 is 9.47 Å². The summed E-state index contributed by atoms with van der Waals surface area (Å²) in [5, 5.41) is 1.91. The molecule has 0 N–H and O–H groups in total. The lowest BCUT2D eigenvalue weighted by atomic mass is 10.0. The summed E-state index contributed by atoms with van der Waals surface area (Å²) in [6.45, 7) is 0.252. The Balaban J connectivity index is 1.75. The highest BCUT2D eigenvalue weighted by atomic mass is 35.5. The molecule has 5 rings (SSSR count). The van der Waals surface area contributed by atoms with E-state index in [4.69, 9.17) is 44.3 Å². The Morgan fingerprint density at radius 1 is 0.731 bits per heavy atom. The van der Waals surface area contributed by atoms with Crippen LogP contribution in [0, 0.1) is 0 Å². The molecule has 5 heteroatoms. The number of fused-ring (bicyclic) bond motifs is 4. The lowest BCUT2D eigenvalue weighted by molar-refractivity contribution is 0.174. The van der Waals surface area contributed by atoms with Gasteiger partial charge in [0.05, 0.1) is 5.02 Å². The van der Waals surface area contributed by atoms with Gasteiger partial charge in [0.2, 0.25) is 6.79 Å². The Morgan fingerprint density at radius 3 is 2.42 bits per heavy atom. The molecule has 0 aromatic heterocycles. The Bertz CT molecular complexity index is 1100. The van der Waals surface area contributed by atoms with Crippen LogP contribution in [-0.2, 0) is 0 Å². The molecule has 0 amide bonds. The highest BCUT2D eigenvalue weighted by molar-refractivity contribution is 6.38. The van der Waals surface area contributed by atoms with Gasteiger partial charge in [-0.2, -0.15) is 0 Å². The molecule has 1 aliphatic carbocycles. The van der Waals surface area contributed by atoms with Crippen LogP contribution in [0.5, 0.6) is 11.5 Å². The predicted molar refractivity (Wildman–Crippen MR) is 106 cm³/mol. The van der Waals surface area contributed by atoms with Crippen LogP contribution in [-0.4, -0.2) is 6.79 Å². The molecular weight excluding hydrogens is 391 g/mol. The van der Waals surface area contributed by atoms with Gasteiger partial charge in [-0.25, -0.2) is 0 Å². The van der Waals surface area contributed by atoms with Crippen LogP contribution in [0.15, 0.2) is 48.5 Å². The highest BCUT2D eigenvalue weighted by Gasteiger charge is 2.26. The van der Waals surface area contributed by atoms with Crippen molar-refractivity contribution in [3.8, 4) is 22.6 Å². The molecule has 2 aliphatic rings. The summed E-state index contributed by atoms with van der Waals surface area (Å²) in [5.74, 6) is 1.50. The summed E-state index contributed by atoms with van der Waals surface area (Å²) in [4.78, 5) is 0. The van der Waals surface area contributed by atoms with E-state index in [0.717, 1.165) is 44.9 Å². The Hall–Kier alpha value is -2.13. The van der Waals surface area contributed by atoms with Gasteiger partial charge in [0.15, 0.2) is 11.5 Å². The second-order valence-electron chi connectivity index (χ2n) is 6.17. The smallest absolute Gasteiger partial charge is 0.231 e. The summed E-state index contributed by atoms with van der Waals surface area (Å²) < 4.78 is 10.9. The summed E-state index contributed by atoms with van der Waals surface area (Å²) in [5.41, 5.74) is 6.10. The zero-order chi connectivity index (χ0) is 17.8. The molecule has 0 saturated heterocycles. The van der Waals surface area contributed by atoms with Gasteiger partial charge in [-0.3, -0.25) is 0 Å². The van der Waals surface area contributed by atoms with E-state index in [1.165, 1.54) is 0 Å². The minimum absolute atomic E-state index is 0.252. The first-order valence-electron chi connectivity index (χ1n) is 8.01. The van der Waals surface area contributed by atoms with Crippen molar-refractivity contribution in [2.24, 2.45) is 0 Å². The van der Waals surface area contributed by atoms with E-state index in [1.807, 2.05) is 42.5 Å². The van der Waals surface area contributed by atoms with Crippen LogP contribution in [0.1, 0.15) is 16.7 Å². The monoisotopic (exact) mass is 400 g/mol.